The lowest BCUT2D eigenvalue weighted by atomic mass is 10.4. The summed E-state index contributed by atoms with van der Waals surface area (Å²) in [6, 6.07) is 17.5. The van der Waals surface area contributed by atoms with E-state index in [0.29, 0.717) is 8.95 Å². The Morgan fingerprint density at radius 2 is 1.11 bits per heavy atom. The molecule has 6 heterocycles. The van der Waals surface area contributed by atoms with Crippen molar-refractivity contribution in [3.05, 3.63) is 173 Å². The highest BCUT2D eigenvalue weighted by atomic mass is 79.9. The Hall–Kier alpha value is -5.22. The molecule has 6 aromatic rings. The van der Waals surface area contributed by atoms with E-state index in [-0.39, 0.29) is 28.4 Å². The van der Waals surface area contributed by atoms with Crippen LogP contribution in [-0.4, -0.2) is 29.1 Å². The quantitative estimate of drug-likeness (QED) is 0.173. The monoisotopic (exact) mass is 761 g/mol. The second-order valence-corrected chi connectivity index (χ2v) is 10.1. The molecule has 0 saturated carbocycles. The van der Waals surface area contributed by atoms with Gasteiger partial charge in [-0.1, -0.05) is 0 Å². The highest BCUT2D eigenvalue weighted by molar-refractivity contribution is 9.10. The Morgan fingerprint density at radius 1 is 0.609 bits per heavy atom. The van der Waals surface area contributed by atoms with Crippen LogP contribution >= 0.6 is 31.9 Å². The molecule has 0 bridgehead atoms. The van der Waals surface area contributed by atoms with Crippen molar-refractivity contribution in [1.29, 1.82) is 0 Å². The summed E-state index contributed by atoms with van der Waals surface area (Å²) in [4.78, 5) is 46.8. The van der Waals surface area contributed by atoms with Crippen molar-refractivity contribution in [2.75, 3.05) is 5.73 Å². The first-order valence-corrected chi connectivity index (χ1v) is 14.2. The van der Waals surface area contributed by atoms with E-state index < -0.39 is 29.0 Å². The zero-order valence-corrected chi connectivity index (χ0v) is 26.4. The highest BCUT2D eigenvalue weighted by Crippen LogP contribution is 2.09. The normalized spacial score (nSPS) is 9.87. The summed E-state index contributed by atoms with van der Waals surface area (Å²) >= 11 is 6.14. The second-order valence-electron chi connectivity index (χ2n) is 8.41. The topological polar surface area (TPSA) is 142 Å². The number of nitrogens with two attached hydrogens (primary N) is 1. The summed E-state index contributed by atoms with van der Waals surface area (Å²) in [5, 5.41) is 0. The van der Waals surface area contributed by atoms with Crippen LogP contribution in [0.4, 0.5) is 23.2 Å². The van der Waals surface area contributed by atoms with Gasteiger partial charge in [-0.05, 0) is 105 Å². The van der Waals surface area contributed by atoms with Crippen LogP contribution in [0.5, 0.6) is 0 Å². The number of hydrogen-bond donors (Lipinski definition) is 2. The zero-order chi connectivity index (χ0) is 33.6. The van der Waals surface area contributed by atoms with Crippen molar-refractivity contribution >= 4 is 37.5 Å². The molecule has 0 fully saturated rings. The average molecular weight is 763 g/mol. The first-order chi connectivity index (χ1) is 22.0. The minimum absolute atomic E-state index is 0.00352. The van der Waals surface area contributed by atoms with Gasteiger partial charge in [0, 0.05) is 37.2 Å². The van der Waals surface area contributed by atoms with Gasteiger partial charge in [-0.25, -0.2) is 28.1 Å². The summed E-state index contributed by atoms with van der Waals surface area (Å²) in [6.07, 6.45) is 8.52. The maximum Gasteiger partial charge on any atom is 0.279 e. The van der Waals surface area contributed by atoms with Gasteiger partial charge >= 0.3 is 0 Å². The van der Waals surface area contributed by atoms with Crippen molar-refractivity contribution < 1.29 is 17.6 Å². The number of rotatable bonds is 2. The maximum absolute atomic E-state index is 13.3. The lowest BCUT2D eigenvalue weighted by molar-refractivity contribution is 0.479. The molecule has 0 aliphatic rings. The smallest absolute Gasteiger partial charge is 0.279 e. The van der Waals surface area contributed by atoms with E-state index in [2.05, 4.69) is 51.8 Å². The van der Waals surface area contributed by atoms with Crippen LogP contribution in [0.2, 0.25) is 0 Å². The molecule has 0 atom stereocenters. The molecular formula is C30H21Br2F4N7O3. The number of nitrogens with zero attached hydrogens (tertiary/aromatic N) is 5. The Morgan fingerprint density at radius 3 is 1.57 bits per heavy atom. The number of H-pyrrole nitrogens is 1. The summed E-state index contributed by atoms with van der Waals surface area (Å²) < 4.78 is 53.6. The van der Waals surface area contributed by atoms with Crippen molar-refractivity contribution in [2.24, 2.45) is 0 Å². The van der Waals surface area contributed by atoms with Crippen molar-refractivity contribution in [2.45, 2.75) is 0 Å². The van der Waals surface area contributed by atoms with Crippen molar-refractivity contribution in [1.82, 2.24) is 29.1 Å². The molecule has 0 aromatic carbocycles. The SMILES string of the molecule is Fc1cccnc1F.Nc1cccn(-c2ncccc2F)c1=O.O=c1[nH]cccc1Br.O=c1c(Br)cccn1-c1ncccc1F. The molecule has 3 N–H and O–H groups in total. The third-order valence-corrected chi connectivity index (χ3v) is 6.52. The van der Waals surface area contributed by atoms with Gasteiger partial charge in [0.15, 0.2) is 29.1 Å². The Bertz CT molecular complexity index is 1970. The number of aromatic amines is 1. The number of hydrogen-bond acceptors (Lipinski definition) is 7. The van der Waals surface area contributed by atoms with Crippen LogP contribution < -0.4 is 22.4 Å². The minimum atomic E-state index is -1.05. The van der Waals surface area contributed by atoms with E-state index in [1.165, 1.54) is 67.4 Å². The van der Waals surface area contributed by atoms with Crippen molar-refractivity contribution in [3.63, 3.8) is 0 Å². The molecular weight excluding hydrogens is 742 g/mol. The first-order valence-electron chi connectivity index (χ1n) is 12.7. The van der Waals surface area contributed by atoms with Gasteiger partial charge in [-0.2, -0.15) is 4.39 Å². The highest BCUT2D eigenvalue weighted by Gasteiger charge is 2.09. The molecule has 46 heavy (non-hydrogen) atoms. The summed E-state index contributed by atoms with van der Waals surface area (Å²) in [5.41, 5.74) is 4.58. The third kappa shape index (κ3) is 9.90. The van der Waals surface area contributed by atoms with Crippen LogP contribution in [-0.2, 0) is 0 Å². The molecule has 0 aliphatic carbocycles. The van der Waals surface area contributed by atoms with Gasteiger partial charge in [0.1, 0.15) is 0 Å². The van der Waals surface area contributed by atoms with Gasteiger partial charge in [0.05, 0.1) is 14.6 Å². The number of anilines is 1. The predicted octanol–water partition coefficient (Wildman–Crippen LogP) is 5.59. The lowest BCUT2D eigenvalue weighted by Gasteiger charge is -2.05. The van der Waals surface area contributed by atoms with E-state index in [0.717, 1.165) is 15.2 Å². The molecule has 16 heteroatoms. The van der Waals surface area contributed by atoms with Crippen LogP contribution in [0.25, 0.3) is 11.6 Å². The molecule has 6 aromatic heterocycles. The fourth-order valence-corrected chi connectivity index (χ4v) is 3.80. The summed E-state index contributed by atoms with van der Waals surface area (Å²) in [5.74, 6) is -3.10. The molecule has 6 rings (SSSR count). The molecule has 10 nitrogen and oxygen atoms in total. The molecule has 236 valence electrons. The number of nitrogens with one attached hydrogen (secondary N) is 1. The minimum Gasteiger partial charge on any atom is -0.394 e. The second kappa shape index (κ2) is 17.3. The zero-order valence-electron chi connectivity index (χ0n) is 23.2. The maximum atomic E-state index is 13.3. The summed E-state index contributed by atoms with van der Waals surface area (Å²) in [6.45, 7) is 0. The average Bonchev–Trinajstić information content (AvgIpc) is 3.05. The van der Waals surface area contributed by atoms with Crippen LogP contribution in [0.1, 0.15) is 0 Å². The molecule has 0 unspecified atom stereocenters. The Balaban J connectivity index is 0.000000174. The number of halogens is 6. The van der Waals surface area contributed by atoms with Crippen LogP contribution in [0, 0.1) is 23.4 Å². The van der Waals surface area contributed by atoms with Crippen LogP contribution in [0.15, 0.2) is 133 Å². The van der Waals surface area contributed by atoms with E-state index in [1.54, 1.807) is 36.5 Å². The molecule has 0 saturated heterocycles. The molecule has 0 radical (unpaired) electrons. The number of nitrogen functional groups attached to an aromatic ring is 1. The standard InChI is InChI=1S/C10H6BrFN2O.C10H8FN3O.C5H4BrNO.C5H3F2N/c11-7-3-2-6-14(10(7)15)9-8(12)4-1-5-13-9;11-7-3-1-5-13-9(7)14-6-2-4-8(12)10(14)15;6-4-2-1-3-7-5(4)8;6-4-2-1-3-8-5(4)7/h1-6H;1-6H,12H2;1-3H,(H,7,8);1-3H. The fraction of sp³-hybridized carbons (Fsp3) is 0. The third-order valence-electron chi connectivity index (χ3n) is 5.30. The predicted molar refractivity (Wildman–Crippen MR) is 171 cm³/mol. The van der Waals surface area contributed by atoms with Gasteiger partial charge in [0.2, 0.25) is 5.95 Å². The summed E-state index contributed by atoms with van der Waals surface area (Å²) in [7, 11) is 0. The van der Waals surface area contributed by atoms with Gasteiger partial charge in [0.25, 0.3) is 16.7 Å². The Labute approximate surface area is 274 Å². The Kier molecular flexibility index (Phi) is 13.3. The van der Waals surface area contributed by atoms with E-state index >= 15 is 0 Å². The van der Waals surface area contributed by atoms with Gasteiger partial charge < -0.3 is 10.7 Å². The lowest BCUT2D eigenvalue weighted by Crippen LogP contribution is -2.22. The molecule has 0 aliphatic heterocycles. The van der Waals surface area contributed by atoms with Crippen LogP contribution in [0.3, 0.4) is 0 Å². The van der Waals surface area contributed by atoms with E-state index in [9.17, 15) is 31.9 Å². The number of pyridine rings is 6. The largest absolute Gasteiger partial charge is 0.394 e. The van der Waals surface area contributed by atoms with Crippen molar-refractivity contribution in [3.8, 4) is 11.6 Å². The fourth-order valence-electron chi connectivity index (χ4n) is 3.19. The molecule has 0 amide bonds. The van der Waals surface area contributed by atoms with E-state index in [4.69, 9.17) is 5.73 Å². The number of aromatic nitrogens is 6. The van der Waals surface area contributed by atoms with Gasteiger partial charge in [-0.15, -0.1) is 0 Å². The molecule has 0 spiro atoms. The first kappa shape index (κ1) is 35.3. The van der Waals surface area contributed by atoms with Gasteiger partial charge in [-0.3, -0.25) is 23.5 Å². The van der Waals surface area contributed by atoms with E-state index in [1.807, 2.05) is 0 Å².